The van der Waals surface area contributed by atoms with E-state index in [9.17, 15) is 14.4 Å². The Bertz CT molecular complexity index is 686. The average molecular weight is 331 g/mol. The molecule has 0 radical (unpaired) electrons. The zero-order chi connectivity index (χ0) is 17.3. The van der Waals surface area contributed by atoms with Crippen LogP contribution in [0.3, 0.4) is 0 Å². The van der Waals surface area contributed by atoms with Crippen molar-refractivity contribution < 1.29 is 19.1 Å². The number of para-hydroxylation sites is 2. The van der Waals surface area contributed by atoms with E-state index in [1.807, 2.05) is 6.92 Å². The molecule has 1 saturated heterocycles. The number of nitrogens with zero attached hydrogens (tertiary/aromatic N) is 1. The molecule has 1 aromatic rings. The fraction of sp³-hybridized carbons (Fsp3) is 0.471. The molecule has 2 aliphatic rings. The van der Waals surface area contributed by atoms with Gasteiger partial charge < -0.3 is 15.4 Å². The number of hydrogen-bond donors (Lipinski definition) is 2. The third-order valence-electron chi connectivity index (χ3n) is 4.46. The van der Waals surface area contributed by atoms with Crippen molar-refractivity contribution in [3.8, 4) is 5.75 Å². The standard InChI is InChI=1S/C17H21N3O4/c1-3-24-13-7-5-4-6-12(13)18-14(21)10-20-15(22)17(2,11-8-9-11)19-16(20)23/h4-7,11H,3,8-10H2,1-2H3,(H,18,21)(H,19,23). The van der Waals surface area contributed by atoms with E-state index in [1.165, 1.54) is 0 Å². The summed E-state index contributed by atoms with van der Waals surface area (Å²) in [6, 6.07) is 6.53. The van der Waals surface area contributed by atoms with E-state index in [4.69, 9.17) is 4.74 Å². The summed E-state index contributed by atoms with van der Waals surface area (Å²) in [5.41, 5.74) is -0.359. The number of ether oxygens (including phenoxy) is 1. The summed E-state index contributed by atoms with van der Waals surface area (Å²) in [4.78, 5) is 37.8. The van der Waals surface area contributed by atoms with Crippen LogP contribution < -0.4 is 15.4 Å². The zero-order valence-electron chi connectivity index (χ0n) is 13.8. The average Bonchev–Trinajstić information content (AvgIpc) is 3.36. The molecule has 1 saturated carbocycles. The molecule has 3 rings (SSSR count). The van der Waals surface area contributed by atoms with Gasteiger partial charge in [0.2, 0.25) is 5.91 Å². The molecule has 24 heavy (non-hydrogen) atoms. The summed E-state index contributed by atoms with van der Waals surface area (Å²) >= 11 is 0. The Kier molecular flexibility index (Phi) is 4.17. The van der Waals surface area contributed by atoms with Crippen LogP contribution in [0.1, 0.15) is 26.7 Å². The highest BCUT2D eigenvalue weighted by atomic mass is 16.5. The first-order valence-electron chi connectivity index (χ1n) is 8.11. The van der Waals surface area contributed by atoms with Crippen LogP contribution in [0.5, 0.6) is 5.75 Å². The van der Waals surface area contributed by atoms with Gasteiger partial charge >= 0.3 is 6.03 Å². The molecule has 2 N–H and O–H groups in total. The van der Waals surface area contributed by atoms with Gasteiger partial charge in [0.25, 0.3) is 5.91 Å². The van der Waals surface area contributed by atoms with Crippen LogP contribution in [-0.4, -0.2) is 41.4 Å². The number of benzene rings is 1. The van der Waals surface area contributed by atoms with Crippen molar-refractivity contribution >= 4 is 23.5 Å². The van der Waals surface area contributed by atoms with E-state index in [1.54, 1.807) is 31.2 Å². The Morgan fingerprint density at radius 1 is 1.38 bits per heavy atom. The van der Waals surface area contributed by atoms with Crippen LogP contribution in [0.25, 0.3) is 0 Å². The van der Waals surface area contributed by atoms with Crippen molar-refractivity contribution in [3.05, 3.63) is 24.3 Å². The van der Waals surface area contributed by atoms with Crippen molar-refractivity contribution in [1.29, 1.82) is 0 Å². The molecule has 0 bridgehead atoms. The third kappa shape index (κ3) is 2.93. The minimum atomic E-state index is -0.874. The van der Waals surface area contributed by atoms with Gasteiger partial charge in [-0.3, -0.25) is 14.5 Å². The fourth-order valence-corrected chi connectivity index (χ4v) is 2.98. The molecule has 1 aliphatic carbocycles. The van der Waals surface area contributed by atoms with Crippen molar-refractivity contribution in [2.24, 2.45) is 5.92 Å². The van der Waals surface area contributed by atoms with Crippen LogP contribution in [0.4, 0.5) is 10.5 Å². The van der Waals surface area contributed by atoms with Crippen LogP contribution in [0.2, 0.25) is 0 Å². The summed E-state index contributed by atoms with van der Waals surface area (Å²) < 4.78 is 5.45. The maximum Gasteiger partial charge on any atom is 0.325 e. The fourth-order valence-electron chi connectivity index (χ4n) is 2.98. The van der Waals surface area contributed by atoms with Gasteiger partial charge in [0, 0.05) is 0 Å². The first kappa shape index (κ1) is 16.3. The highest BCUT2D eigenvalue weighted by Crippen LogP contribution is 2.42. The normalized spacial score (nSPS) is 23.2. The van der Waals surface area contributed by atoms with E-state index >= 15 is 0 Å². The summed E-state index contributed by atoms with van der Waals surface area (Å²) in [6.07, 6.45) is 1.84. The van der Waals surface area contributed by atoms with E-state index in [0.29, 0.717) is 18.0 Å². The van der Waals surface area contributed by atoms with Crippen LogP contribution in [0, 0.1) is 5.92 Å². The zero-order valence-corrected chi connectivity index (χ0v) is 13.8. The first-order valence-corrected chi connectivity index (χ1v) is 8.11. The minimum absolute atomic E-state index is 0.167. The van der Waals surface area contributed by atoms with Gasteiger partial charge in [-0.15, -0.1) is 0 Å². The Morgan fingerprint density at radius 2 is 2.08 bits per heavy atom. The van der Waals surface area contributed by atoms with Gasteiger partial charge in [0.05, 0.1) is 12.3 Å². The predicted octanol–water partition coefficient (Wildman–Crippen LogP) is 1.74. The molecule has 7 nitrogen and oxygen atoms in total. The number of amides is 4. The van der Waals surface area contributed by atoms with E-state index < -0.39 is 17.5 Å². The van der Waals surface area contributed by atoms with Crippen molar-refractivity contribution in [2.45, 2.75) is 32.2 Å². The molecule has 128 valence electrons. The maximum absolute atomic E-state index is 12.5. The van der Waals surface area contributed by atoms with E-state index in [0.717, 1.165) is 17.7 Å². The lowest BCUT2D eigenvalue weighted by Gasteiger charge is -2.20. The molecule has 2 fully saturated rings. The van der Waals surface area contributed by atoms with Gasteiger partial charge in [-0.05, 0) is 44.7 Å². The van der Waals surface area contributed by atoms with Crippen molar-refractivity contribution in [1.82, 2.24) is 10.2 Å². The number of carbonyl (C=O) groups excluding carboxylic acids is 3. The molecule has 4 amide bonds. The van der Waals surface area contributed by atoms with E-state index in [-0.39, 0.29) is 18.4 Å². The third-order valence-corrected chi connectivity index (χ3v) is 4.46. The lowest BCUT2D eigenvalue weighted by atomic mass is 9.96. The Hall–Kier alpha value is -2.57. The number of hydrogen-bond acceptors (Lipinski definition) is 4. The molecule has 1 aromatic carbocycles. The van der Waals surface area contributed by atoms with Crippen molar-refractivity contribution in [2.75, 3.05) is 18.5 Å². The summed E-state index contributed by atoms with van der Waals surface area (Å²) in [5, 5.41) is 5.42. The number of anilines is 1. The largest absolute Gasteiger partial charge is 0.492 e. The summed E-state index contributed by atoms with van der Waals surface area (Å²) in [7, 11) is 0. The summed E-state index contributed by atoms with van der Waals surface area (Å²) in [5.74, 6) is -0.0528. The van der Waals surface area contributed by atoms with Gasteiger partial charge in [0.15, 0.2) is 0 Å². The maximum atomic E-state index is 12.5. The first-order chi connectivity index (χ1) is 11.5. The Balaban J connectivity index is 1.67. The second kappa shape index (κ2) is 6.14. The minimum Gasteiger partial charge on any atom is -0.492 e. The summed E-state index contributed by atoms with van der Waals surface area (Å²) in [6.45, 7) is 3.74. The second-order valence-corrected chi connectivity index (χ2v) is 6.28. The molecule has 7 heteroatoms. The molecule has 1 aliphatic heterocycles. The Labute approximate surface area is 140 Å². The smallest absolute Gasteiger partial charge is 0.325 e. The SMILES string of the molecule is CCOc1ccccc1NC(=O)CN1C(=O)NC(C)(C2CC2)C1=O. The van der Waals surface area contributed by atoms with Gasteiger partial charge in [-0.1, -0.05) is 12.1 Å². The monoisotopic (exact) mass is 331 g/mol. The molecular formula is C17H21N3O4. The topological polar surface area (TPSA) is 87.7 Å². The molecule has 0 spiro atoms. The van der Waals surface area contributed by atoms with E-state index in [2.05, 4.69) is 10.6 Å². The van der Waals surface area contributed by atoms with Gasteiger partial charge in [0.1, 0.15) is 17.8 Å². The Morgan fingerprint density at radius 3 is 2.75 bits per heavy atom. The molecule has 1 atom stereocenters. The number of urea groups is 1. The number of nitrogens with one attached hydrogen (secondary N) is 2. The van der Waals surface area contributed by atoms with Crippen LogP contribution in [0.15, 0.2) is 24.3 Å². The lowest BCUT2D eigenvalue weighted by Crippen LogP contribution is -2.46. The molecule has 1 unspecified atom stereocenters. The molecule has 0 aromatic heterocycles. The second-order valence-electron chi connectivity index (χ2n) is 6.28. The highest BCUT2D eigenvalue weighted by molar-refractivity contribution is 6.10. The molecule has 1 heterocycles. The van der Waals surface area contributed by atoms with Crippen LogP contribution in [-0.2, 0) is 9.59 Å². The lowest BCUT2D eigenvalue weighted by molar-refractivity contribution is -0.134. The van der Waals surface area contributed by atoms with Crippen molar-refractivity contribution in [3.63, 3.8) is 0 Å². The van der Waals surface area contributed by atoms with Gasteiger partial charge in [-0.2, -0.15) is 0 Å². The predicted molar refractivity (Wildman–Crippen MR) is 87.6 cm³/mol. The number of carbonyl (C=O) groups is 3. The highest BCUT2D eigenvalue weighted by Gasteiger charge is 2.56. The van der Waals surface area contributed by atoms with Gasteiger partial charge in [-0.25, -0.2) is 4.79 Å². The quantitative estimate of drug-likeness (QED) is 0.777. The molecular weight excluding hydrogens is 310 g/mol. The number of rotatable bonds is 6. The number of imide groups is 1. The van der Waals surface area contributed by atoms with Crippen LogP contribution >= 0.6 is 0 Å².